The van der Waals surface area contributed by atoms with Crippen LogP contribution in [0.2, 0.25) is 0 Å². The van der Waals surface area contributed by atoms with Gasteiger partial charge in [-0.25, -0.2) is 0 Å². The van der Waals surface area contributed by atoms with E-state index in [9.17, 15) is 66.4 Å². The lowest BCUT2D eigenvalue weighted by Gasteiger charge is -2.71. The zero-order valence-electron chi connectivity index (χ0n) is 44.2. The van der Waals surface area contributed by atoms with Gasteiger partial charge in [-0.15, -0.1) is 0 Å². The topological polar surface area (TPSA) is 354 Å². The van der Waals surface area contributed by atoms with Crippen LogP contribution < -0.4 is 0 Å². The molecule has 4 heterocycles. The van der Waals surface area contributed by atoms with Crippen LogP contribution in [0.1, 0.15) is 113 Å². The number of hydrogen-bond acceptors (Lipinski definition) is 22. The summed E-state index contributed by atoms with van der Waals surface area (Å²) in [7, 11) is 0. The molecule has 8 fully saturated rings. The standard InChI is InChI=1S/C53H86O22/c1-23-32(57)36(61)40(65)44(70-23)74-42-33(58)26(56)20-68-46(42)73-31-11-12-49(4)29(50(31,5)22-55)10-13-52(7)30(49)9-8-24-25-18-48(2,3)14-16-53(25,17-15-51(24,52)6)47(67)75-45-41(66)38(63)35(60)28(72-45)21-69-43-39(64)37(62)34(59)27(19-54)71-43/h8,23,25-46,54-66H,9-22H2,1-7H3/t23-,25-,26+,27+,28+,29-,30+,31-,32-,33-,34+,35+,36+,37-,38-,39+,40+,41+,42+,43+,44-,45-,46-,49-,50-,51+,52+,53-/m0/s1. The second kappa shape index (κ2) is 21.1. The fourth-order valence-corrected chi connectivity index (χ4v) is 16.1. The molecule has 28 atom stereocenters. The zero-order valence-corrected chi connectivity index (χ0v) is 44.2. The molecular formula is C53H86O22. The number of carbonyl (C=O) groups excluding carboxylic acids is 1. The Hall–Kier alpha value is -1.59. The molecule has 0 unspecified atom stereocenters. The Morgan fingerprint density at radius 2 is 1.27 bits per heavy atom. The van der Waals surface area contributed by atoms with E-state index in [-0.39, 0.29) is 52.6 Å². The molecule has 13 N–H and O–H groups in total. The number of fused-ring (bicyclic) bond motifs is 7. The lowest BCUT2D eigenvalue weighted by atomic mass is 9.33. The summed E-state index contributed by atoms with van der Waals surface area (Å²) in [6.07, 6.45) is -20.8. The molecule has 0 aromatic heterocycles. The fourth-order valence-electron chi connectivity index (χ4n) is 16.1. The van der Waals surface area contributed by atoms with Crippen LogP contribution >= 0.6 is 0 Å². The van der Waals surface area contributed by atoms with Gasteiger partial charge in [0.2, 0.25) is 6.29 Å². The van der Waals surface area contributed by atoms with Crippen LogP contribution in [0.3, 0.4) is 0 Å². The molecule has 0 bridgehead atoms. The third-order valence-electron chi connectivity index (χ3n) is 21.1. The van der Waals surface area contributed by atoms with Gasteiger partial charge in [-0.3, -0.25) is 4.79 Å². The minimum atomic E-state index is -1.84. The van der Waals surface area contributed by atoms with Gasteiger partial charge in [0, 0.05) is 5.41 Å². The number of ether oxygens (including phenoxy) is 8. The van der Waals surface area contributed by atoms with E-state index in [0.29, 0.717) is 38.5 Å². The van der Waals surface area contributed by atoms with E-state index in [4.69, 9.17) is 37.9 Å². The van der Waals surface area contributed by atoms with Crippen molar-refractivity contribution in [1.82, 2.24) is 0 Å². The molecule has 4 saturated carbocycles. The largest absolute Gasteiger partial charge is 0.432 e. The van der Waals surface area contributed by atoms with Crippen molar-refractivity contribution >= 4 is 5.97 Å². The lowest BCUT2D eigenvalue weighted by molar-refractivity contribution is -0.365. The smallest absolute Gasteiger partial charge is 0.315 e. The van der Waals surface area contributed by atoms with E-state index in [2.05, 4.69) is 40.7 Å². The monoisotopic (exact) mass is 1070 g/mol. The van der Waals surface area contributed by atoms with Gasteiger partial charge in [0.15, 0.2) is 18.9 Å². The van der Waals surface area contributed by atoms with Crippen molar-refractivity contribution in [3.8, 4) is 0 Å². The van der Waals surface area contributed by atoms with Crippen molar-refractivity contribution < 1.29 is 109 Å². The molecule has 0 aromatic rings. The minimum Gasteiger partial charge on any atom is -0.432 e. The Balaban J connectivity index is 0.931. The van der Waals surface area contributed by atoms with Crippen molar-refractivity contribution in [2.45, 2.75) is 235 Å². The molecule has 430 valence electrons. The number of rotatable bonds is 11. The Morgan fingerprint density at radius 3 is 1.95 bits per heavy atom. The molecule has 4 aliphatic heterocycles. The summed E-state index contributed by atoms with van der Waals surface area (Å²) in [5.74, 6) is -0.732. The zero-order chi connectivity index (χ0) is 54.7. The van der Waals surface area contributed by atoms with E-state index in [1.165, 1.54) is 12.5 Å². The summed E-state index contributed by atoms with van der Waals surface area (Å²) in [6, 6.07) is 0. The number of aliphatic hydroxyl groups excluding tert-OH is 13. The Kier molecular flexibility index (Phi) is 16.3. The van der Waals surface area contributed by atoms with E-state index in [0.717, 1.165) is 25.7 Å². The summed E-state index contributed by atoms with van der Waals surface area (Å²) in [4.78, 5) is 15.1. The van der Waals surface area contributed by atoms with Crippen LogP contribution in [-0.4, -0.2) is 222 Å². The number of aliphatic hydroxyl groups is 13. The maximum Gasteiger partial charge on any atom is 0.315 e. The fraction of sp³-hybridized carbons (Fsp3) is 0.943. The van der Waals surface area contributed by atoms with Crippen molar-refractivity contribution in [3.63, 3.8) is 0 Å². The molecular weight excluding hydrogens is 989 g/mol. The van der Waals surface area contributed by atoms with Crippen LogP contribution in [0.25, 0.3) is 0 Å². The Labute approximate surface area is 437 Å². The first-order valence-electron chi connectivity index (χ1n) is 27.3. The highest BCUT2D eigenvalue weighted by molar-refractivity contribution is 5.79. The summed E-state index contributed by atoms with van der Waals surface area (Å²) >= 11 is 0. The SMILES string of the molecule is C[C@@H]1O[C@@H](O[C@H]2[C@H](O[C@H]3CC[C@@]4(C)[C@H](CC[C@]5(C)[C@@H]4CC=C4[C@@H]6CC(C)(C)CC[C@]6(C(=O)O[C@@H]6O[C@H](CO[C@@H]7O[C@H](CO)[C@@H](O)[C@H](O)[C@H]7O)[C@@H](O)[C@H](O)[C@H]6O)CC[C@]45C)[C@]3(C)CO)OC[C@@H](O)[C@@H]2O)[C@H](O)[C@H](O)[C@H]1O. The quantitative estimate of drug-likeness (QED) is 0.0643. The van der Waals surface area contributed by atoms with Crippen LogP contribution in [0.4, 0.5) is 0 Å². The number of hydrogen-bond donors (Lipinski definition) is 13. The first-order valence-corrected chi connectivity index (χ1v) is 27.3. The van der Waals surface area contributed by atoms with Crippen molar-refractivity contribution in [1.29, 1.82) is 0 Å². The van der Waals surface area contributed by atoms with Crippen LogP contribution in [0.5, 0.6) is 0 Å². The number of allylic oxidation sites excluding steroid dienone is 2. The summed E-state index contributed by atoms with van der Waals surface area (Å²) in [5, 5.41) is 139. The van der Waals surface area contributed by atoms with Gasteiger partial charge in [0.25, 0.3) is 0 Å². The summed E-state index contributed by atoms with van der Waals surface area (Å²) < 4.78 is 47.6. The predicted octanol–water partition coefficient (Wildman–Crippen LogP) is -1.40. The van der Waals surface area contributed by atoms with E-state index in [1.54, 1.807) is 0 Å². The molecule has 0 amide bonds. The van der Waals surface area contributed by atoms with Gasteiger partial charge < -0.3 is 104 Å². The van der Waals surface area contributed by atoms with Gasteiger partial charge in [-0.05, 0) is 111 Å². The van der Waals surface area contributed by atoms with Gasteiger partial charge >= 0.3 is 5.97 Å². The van der Waals surface area contributed by atoms with Gasteiger partial charge in [-0.1, -0.05) is 53.2 Å². The average molecular weight is 1080 g/mol. The highest BCUT2D eigenvalue weighted by atomic mass is 16.8. The average Bonchev–Trinajstić information content (AvgIpc) is 3.37. The molecule has 22 heteroatoms. The maximum absolute atomic E-state index is 15.1. The summed E-state index contributed by atoms with van der Waals surface area (Å²) in [5.41, 5.74) is -1.70. The highest BCUT2D eigenvalue weighted by Gasteiger charge is 2.71. The molecule has 0 radical (unpaired) electrons. The predicted molar refractivity (Wildman–Crippen MR) is 257 cm³/mol. The molecule has 22 nitrogen and oxygen atoms in total. The van der Waals surface area contributed by atoms with Gasteiger partial charge in [-0.2, -0.15) is 0 Å². The normalized spacial score (nSPS) is 54.8. The number of esters is 1. The molecule has 75 heavy (non-hydrogen) atoms. The second-order valence-corrected chi connectivity index (χ2v) is 25.7. The Bertz CT molecular complexity index is 2060. The van der Waals surface area contributed by atoms with Crippen LogP contribution in [0, 0.1) is 50.2 Å². The third-order valence-corrected chi connectivity index (χ3v) is 21.1. The Morgan fingerprint density at radius 1 is 0.640 bits per heavy atom. The first kappa shape index (κ1) is 58.1. The van der Waals surface area contributed by atoms with E-state index in [1.807, 2.05) is 6.92 Å². The van der Waals surface area contributed by atoms with Crippen LogP contribution in [0.15, 0.2) is 11.6 Å². The van der Waals surface area contributed by atoms with Gasteiger partial charge in [0.1, 0.15) is 85.5 Å². The van der Waals surface area contributed by atoms with Crippen molar-refractivity contribution in [3.05, 3.63) is 11.6 Å². The second-order valence-electron chi connectivity index (χ2n) is 25.7. The third kappa shape index (κ3) is 9.50. The number of carbonyl (C=O) groups is 1. The highest BCUT2D eigenvalue weighted by Crippen LogP contribution is 2.76. The summed E-state index contributed by atoms with van der Waals surface area (Å²) in [6.45, 7) is 13.2. The van der Waals surface area contributed by atoms with Crippen molar-refractivity contribution in [2.75, 3.05) is 26.4 Å². The first-order chi connectivity index (χ1) is 35.1. The van der Waals surface area contributed by atoms with Crippen LogP contribution in [-0.2, 0) is 42.7 Å². The molecule has 9 aliphatic rings. The van der Waals surface area contributed by atoms with E-state index >= 15 is 4.79 Å². The van der Waals surface area contributed by atoms with E-state index < -0.39 is 153 Å². The molecule has 0 aromatic carbocycles. The molecule has 0 spiro atoms. The van der Waals surface area contributed by atoms with Crippen molar-refractivity contribution in [2.24, 2.45) is 50.2 Å². The minimum absolute atomic E-state index is 0.0432. The molecule has 4 saturated heterocycles. The van der Waals surface area contributed by atoms with Gasteiger partial charge in [0.05, 0.1) is 44.1 Å². The lowest BCUT2D eigenvalue weighted by Crippen LogP contribution is -2.67. The maximum atomic E-state index is 15.1. The molecule has 9 rings (SSSR count). The molecule has 5 aliphatic carbocycles.